The second kappa shape index (κ2) is 8.72. The summed E-state index contributed by atoms with van der Waals surface area (Å²) < 4.78 is 0. The lowest BCUT2D eigenvalue weighted by Gasteiger charge is -2.13. The van der Waals surface area contributed by atoms with E-state index in [2.05, 4.69) is 36.6 Å². The van der Waals surface area contributed by atoms with Crippen molar-refractivity contribution < 1.29 is 9.90 Å². The van der Waals surface area contributed by atoms with Crippen LogP contribution in [0.4, 0.5) is 0 Å². The summed E-state index contributed by atoms with van der Waals surface area (Å²) in [6.45, 7) is 7.88. The van der Waals surface area contributed by atoms with E-state index >= 15 is 0 Å². The Morgan fingerprint density at radius 2 is 1.80 bits per heavy atom. The predicted octanol–water partition coefficient (Wildman–Crippen LogP) is 1.96. The second-order valence-electron chi connectivity index (χ2n) is 5.24. The van der Waals surface area contributed by atoms with Gasteiger partial charge in [-0.1, -0.05) is 38.1 Å². The number of carbonyl (C=O) groups is 1. The minimum absolute atomic E-state index is 0.0378. The Kier molecular flexibility index (Phi) is 7.26. The molecule has 0 fully saturated rings. The molecule has 1 aromatic rings. The molecule has 0 aliphatic rings. The maximum Gasteiger partial charge on any atom is 0.221 e. The van der Waals surface area contributed by atoms with Crippen LogP contribution >= 0.6 is 0 Å². The van der Waals surface area contributed by atoms with Crippen molar-refractivity contribution in [1.82, 2.24) is 10.6 Å². The quantitative estimate of drug-likeness (QED) is 0.637. The van der Waals surface area contributed by atoms with E-state index < -0.39 is 6.10 Å². The second-order valence-corrected chi connectivity index (χ2v) is 5.24. The fourth-order valence-electron chi connectivity index (χ4n) is 1.95. The summed E-state index contributed by atoms with van der Waals surface area (Å²) in [4.78, 5) is 11.2. The summed E-state index contributed by atoms with van der Waals surface area (Å²) in [6.07, 6.45) is -0.0993. The molecule has 0 heterocycles. The van der Waals surface area contributed by atoms with Gasteiger partial charge in [0.1, 0.15) is 0 Å². The number of rotatable bonds is 8. The minimum atomic E-state index is -0.537. The Morgan fingerprint density at radius 3 is 2.35 bits per heavy atom. The van der Waals surface area contributed by atoms with Crippen molar-refractivity contribution in [3.05, 3.63) is 35.4 Å². The third-order valence-corrected chi connectivity index (χ3v) is 3.23. The van der Waals surface area contributed by atoms with Crippen LogP contribution in [0.3, 0.4) is 0 Å². The highest BCUT2D eigenvalue weighted by Crippen LogP contribution is 2.18. The first-order chi connectivity index (χ1) is 9.54. The first-order valence-electron chi connectivity index (χ1n) is 7.30. The highest BCUT2D eigenvalue weighted by Gasteiger charge is 2.08. The zero-order chi connectivity index (χ0) is 15.0. The van der Waals surface area contributed by atoms with Crippen LogP contribution < -0.4 is 10.6 Å². The van der Waals surface area contributed by atoms with Gasteiger partial charge in [0.05, 0.1) is 6.10 Å². The zero-order valence-corrected chi connectivity index (χ0v) is 12.6. The highest BCUT2D eigenvalue weighted by molar-refractivity contribution is 5.75. The number of carbonyl (C=O) groups excluding carboxylic acids is 1. The monoisotopic (exact) mass is 278 g/mol. The minimum Gasteiger partial charge on any atom is -0.387 e. The van der Waals surface area contributed by atoms with Gasteiger partial charge in [0.25, 0.3) is 0 Å². The van der Waals surface area contributed by atoms with Crippen LogP contribution in [0.2, 0.25) is 0 Å². The van der Waals surface area contributed by atoms with Crippen LogP contribution in [0.5, 0.6) is 0 Å². The lowest BCUT2D eigenvalue weighted by molar-refractivity contribution is -0.120. The lowest BCUT2D eigenvalue weighted by Crippen LogP contribution is -2.29. The van der Waals surface area contributed by atoms with Gasteiger partial charge in [-0.15, -0.1) is 0 Å². The topological polar surface area (TPSA) is 61.4 Å². The van der Waals surface area contributed by atoms with Gasteiger partial charge in [-0.2, -0.15) is 0 Å². The van der Waals surface area contributed by atoms with Gasteiger partial charge < -0.3 is 15.7 Å². The van der Waals surface area contributed by atoms with Crippen LogP contribution in [0.1, 0.15) is 50.3 Å². The summed E-state index contributed by atoms with van der Waals surface area (Å²) >= 11 is 0. The van der Waals surface area contributed by atoms with Crippen molar-refractivity contribution in [3.63, 3.8) is 0 Å². The molecule has 1 aromatic carbocycles. The third-order valence-electron chi connectivity index (χ3n) is 3.23. The van der Waals surface area contributed by atoms with E-state index in [1.807, 2.05) is 19.1 Å². The summed E-state index contributed by atoms with van der Waals surface area (Å²) in [5.74, 6) is 0.534. The smallest absolute Gasteiger partial charge is 0.221 e. The average Bonchev–Trinajstić information content (AvgIpc) is 2.43. The Bertz CT molecular complexity index is 401. The molecule has 20 heavy (non-hydrogen) atoms. The molecule has 0 aromatic heterocycles. The first-order valence-corrected chi connectivity index (χ1v) is 7.30. The Morgan fingerprint density at radius 1 is 1.20 bits per heavy atom. The molecular weight excluding hydrogens is 252 g/mol. The number of amides is 1. The Balaban J connectivity index is 2.32. The number of hydrogen-bond acceptors (Lipinski definition) is 3. The summed E-state index contributed by atoms with van der Waals surface area (Å²) in [5, 5.41) is 15.9. The molecule has 0 bridgehead atoms. The van der Waals surface area contributed by atoms with Crippen molar-refractivity contribution >= 4 is 5.91 Å². The van der Waals surface area contributed by atoms with Crippen molar-refractivity contribution in [1.29, 1.82) is 0 Å². The van der Waals surface area contributed by atoms with Crippen molar-refractivity contribution in [3.8, 4) is 0 Å². The van der Waals surface area contributed by atoms with Gasteiger partial charge >= 0.3 is 0 Å². The molecule has 4 heteroatoms. The average molecular weight is 278 g/mol. The zero-order valence-electron chi connectivity index (χ0n) is 12.6. The van der Waals surface area contributed by atoms with E-state index in [9.17, 15) is 9.90 Å². The molecule has 4 nitrogen and oxygen atoms in total. The van der Waals surface area contributed by atoms with E-state index in [1.165, 1.54) is 5.56 Å². The number of nitrogens with one attached hydrogen (secondary N) is 2. The van der Waals surface area contributed by atoms with Crippen LogP contribution in [0, 0.1) is 0 Å². The molecule has 0 radical (unpaired) electrons. The predicted molar refractivity (Wildman–Crippen MR) is 81.7 cm³/mol. The van der Waals surface area contributed by atoms with Crippen LogP contribution in [0.25, 0.3) is 0 Å². The molecule has 1 atom stereocenters. The largest absolute Gasteiger partial charge is 0.387 e. The van der Waals surface area contributed by atoms with Gasteiger partial charge in [-0.3, -0.25) is 4.79 Å². The van der Waals surface area contributed by atoms with Gasteiger partial charge in [-0.25, -0.2) is 0 Å². The molecule has 0 aliphatic carbocycles. The fraction of sp³-hybridized carbons (Fsp3) is 0.562. The maximum atomic E-state index is 11.2. The molecule has 3 N–H and O–H groups in total. The van der Waals surface area contributed by atoms with E-state index in [4.69, 9.17) is 0 Å². The summed E-state index contributed by atoms with van der Waals surface area (Å²) in [5.41, 5.74) is 2.17. The SMILES string of the molecule is CCNC(=O)CCNCC(O)c1ccc(C(C)C)cc1. The van der Waals surface area contributed by atoms with Crippen molar-refractivity contribution in [2.24, 2.45) is 0 Å². The number of aliphatic hydroxyl groups excluding tert-OH is 1. The highest BCUT2D eigenvalue weighted by atomic mass is 16.3. The van der Waals surface area contributed by atoms with E-state index in [1.54, 1.807) is 0 Å². The molecule has 1 amide bonds. The third kappa shape index (κ3) is 5.72. The molecule has 0 aliphatic heterocycles. The van der Waals surface area contributed by atoms with E-state index in [0.29, 0.717) is 32.0 Å². The molecule has 0 saturated carbocycles. The summed E-state index contributed by atoms with van der Waals surface area (Å²) in [6, 6.07) is 8.03. The van der Waals surface area contributed by atoms with Crippen molar-refractivity contribution in [2.45, 2.75) is 39.2 Å². The van der Waals surface area contributed by atoms with Gasteiger partial charge in [0.15, 0.2) is 0 Å². The Hall–Kier alpha value is -1.39. The van der Waals surface area contributed by atoms with Gasteiger partial charge in [-0.05, 0) is 24.0 Å². The lowest BCUT2D eigenvalue weighted by atomic mass is 10.00. The summed E-state index contributed by atoms with van der Waals surface area (Å²) in [7, 11) is 0. The van der Waals surface area contributed by atoms with E-state index in [0.717, 1.165) is 5.56 Å². The van der Waals surface area contributed by atoms with Crippen LogP contribution in [-0.4, -0.2) is 30.6 Å². The number of benzene rings is 1. The number of aliphatic hydroxyl groups is 1. The first kappa shape index (κ1) is 16.7. The van der Waals surface area contributed by atoms with Crippen LogP contribution in [-0.2, 0) is 4.79 Å². The standard InChI is InChI=1S/C16H26N2O2/c1-4-18-16(20)9-10-17-11-15(19)14-7-5-13(6-8-14)12(2)3/h5-8,12,15,17,19H,4,9-11H2,1-3H3,(H,18,20). The number of hydrogen-bond donors (Lipinski definition) is 3. The normalized spacial score (nSPS) is 12.4. The molecular formula is C16H26N2O2. The van der Waals surface area contributed by atoms with Gasteiger partial charge in [0, 0.05) is 26.1 Å². The fourth-order valence-corrected chi connectivity index (χ4v) is 1.95. The molecule has 1 rings (SSSR count). The molecule has 0 saturated heterocycles. The molecule has 0 spiro atoms. The molecule has 112 valence electrons. The van der Waals surface area contributed by atoms with Crippen LogP contribution in [0.15, 0.2) is 24.3 Å². The van der Waals surface area contributed by atoms with Crippen molar-refractivity contribution in [2.75, 3.05) is 19.6 Å². The Labute approximate surface area is 121 Å². The maximum absolute atomic E-state index is 11.2. The molecule has 1 unspecified atom stereocenters. The van der Waals surface area contributed by atoms with E-state index in [-0.39, 0.29) is 5.91 Å². The van der Waals surface area contributed by atoms with Gasteiger partial charge in [0.2, 0.25) is 5.91 Å².